The van der Waals surface area contributed by atoms with Crippen molar-refractivity contribution in [1.82, 2.24) is 10.2 Å². The Morgan fingerprint density at radius 3 is 2.72 bits per heavy atom. The minimum absolute atomic E-state index is 0.233. The third-order valence-electron chi connectivity index (χ3n) is 2.61. The van der Waals surface area contributed by atoms with Gasteiger partial charge in [0.2, 0.25) is 5.91 Å². The molecule has 0 saturated heterocycles. The molecule has 0 aliphatic rings. The number of likely N-dealkylation sites (N-methyl/N-ethyl adjacent to an activating group) is 1. The van der Waals surface area contributed by atoms with Crippen molar-refractivity contribution in [2.75, 3.05) is 20.6 Å². The van der Waals surface area contributed by atoms with Crippen LogP contribution < -0.4 is 11.1 Å². The summed E-state index contributed by atoms with van der Waals surface area (Å²) >= 11 is 0. The summed E-state index contributed by atoms with van der Waals surface area (Å²) in [4.78, 5) is 13.1. The molecule has 3 N–H and O–H groups in total. The second-order valence-corrected chi connectivity index (χ2v) is 4.71. The van der Waals surface area contributed by atoms with Gasteiger partial charge in [-0.3, -0.25) is 4.79 Å². The summed E-state index contributed by atoms with van der Waals surface area (Å²) in [7, 11) is 3.96. The highest BCUT2D eigenvalue weighted by molar-refractivity contribution is 5.92. The normalized spacial score (nSPS) is 12.7. The average Bonchev–Trinajstić information content (AvgIpc) is 2.26. The minimum atomic E-state index is -0.544. The van der Waals surface area contributed by atoms with E-state index in [0.29, 0.717) is 17.7 Å². The van der Waals surface area contributed by atoms with E-state index in [4.69, 9.17) is 5.73 Å². The number of hydrogen-bond acceptors (Lipinski definition) is 3. The van der Waals surface area contributed by atoms with Crippen molar-refractivity contribution in [2.24, 2.45) is 5.73 Å². The predicted octanol–water partition coefficient (Wildman–Crippen LogP) is 0.964. The molecule has 0 aliphatic heterocycles. The molecule has 18 heavy (non-hydrogen) atoms. The molecule has 0 bridgehead atoms. The van der Waals surface area contributed by atoms with Crippen molar-refractivity contribution < 1.29 is 9.18 Å². The van der Waals surface area contributed by atoms with Gasteiger partial charge in [0, 0.05) is 30.3 Å². The third kappa shape index (κ3) is 4.43. The highest BCUT2D eigenvalue weighted by Crippen LogP contribution is 2.10. The second kappa shape index (κ2) is 6.47. The first-order valence-corrected chi connectivity index (χ1v) is 5.86. The Balaban J connectivity index is 2.66. The van der Waals surface area contributed by atoms with E-state index in [1.165, 1.54) is 18.2 Å². The Morgan fingerprint density at radius 2 is 2.17 bits per heavy atom. The Hall–Kier alpha value is -1.46. The molecule has 0 radical (unpaired) electrons. The zero-order valence-electron chi connectivity index (χ0n) is 11.0. The number of amides is 1. The number of nitrogens with one attached hydrogen (secondary N) is 1. The van der Waals surface area contributed by atoms with Crippen molar-refractivity contribution in [3.63, 3.8) is 0 Å². The smallest absolute Gasteiger partial charge is 0.248 e. The lowest BCUT2D eigenvalue weighted by Crippen LogP contribution is -2.35. The maximum atomic E-state index is 13.5. The van der Waals surface area contributed by atoms with Crippen molar-refractivity contribution in [3.8, 4) is 0 Å². The standard InChI is InChI=1S/C13H20FN3O/c1-9(8-17(2)3)16-7-11-6-10(13(15)18)4-5-12(11)14/h4-6,9,16H,7-8H2,1-3H3,(H2,15,18). The van der Waals surface area contributed by atoms with Gasteiger partial charge in [-0.25, -0.2) is 4.39 Å². The number of nitrogens with zero attached hydrogens (tertiary/aromatic N) is 1. The molecule has 0 saturated carbocycles. The molecule has 1 aromatic carbocycles. The van der Waals surface area contributed by atoms with Crippen LogP contribution in [-0.2, 0) is 6.54 Å². The number of primary amides is 1. The van der Waals surface area contributed by atoms with E-state index in [-0.39, 0.29) is 11.9 Å². The molecular weight excluding hydrogens is 233 g/mol. The zero-order chi connectivity index (χ0) is 13.7. The SMILES string of the molecule is CC(CN(C)C)NCc1cc(C(N)=O)ccc1F. The van der Waals surface area contributed by atoms with Gasteiger partial charge in [-0.15, -0.1) is 0 Å². The summed E-state index contributed by atoms with van der Waals surface area (Å²) < 4.78 is 13.5. The van der Waals surface area contributed by atoms with Crippen LogP contribution in [0.5, 0.6) is 0 Å². The van der Waals surface area contributed by atoms with Crippen LogP contribution >= 0.6 is 0 Å². The number of carbonyl (C=O) groups excluding carboxylic acids is 1. The first-order valence-electron chi connectivity index (χ1n) is 5.86. The number of hydrogen-bond donors (Lipinski definition) is 2. The maximum Gasteiger partial charge on any atom is 0.248 e. The number of carbonyl (C=O) groups is 1. The van der Waals surface area contributed by atoms with Gasteiger partial charge >= 0.3 is 0 Å². The second-order valence-electron chi connectivity index (χ2n) is 4.71. The van der Waals surface area contributed by atoms with Gasteiger partial charge in [0.15, 0.2) is 0 Å². The van der Waals surface area contributed by atoms with Gasteiger partial charge in [0.1, 0.15) is 5.82 Å². The predicted molar refractivity (Wildman–Crippen MR) is 69.8 cm³/mol. The molecule has 0 fully saturated rings. The van der Waals surface area contributed by atoms with Crippen molar-refractivity contribution in [3.05, 3.63) is 35.1 Å². The lowest BCUT2D eigenvalue weighted by molar-refractivity contribution is 0.1000. The van der Waals surface area contributed by atoms with E-state index in [1.54, 1.807) is 0 Å². The van der Waals surface area contributed by atoms with Crippen molar-refractivity contribution in [1.29, 1.82) is 0 Å². The molecule has 1 atom stereocenters. The molecule has 0 aromatic heterocycles. The van der Waals surface area contributed by atoms with E-state index >= 15 is 0 Å². The first-order chi connectivity index (χ1) is 8.40. The van der Waals surface area contributed by atoms with Crippen LogP contribution in [0.25, 0.3) is 0 Å². The summed E-state index contributed by atoms with van der Waals surface area (Å²) in [6.45, 7) is 3.26. The summed E-state index contributed by atoms with van der Waals surface area (Å²) in [6, 6.07) is 4.39. The summed E-state index contributed by atoms with van der Waals surface area (Å²) in [5.41, 5.74) is 5.95. The van der Waals surface area contributed by atoms with Gasteiger partial charge in [0.25, 0.3) is 0 Å². The molecule has 1 unspecified atom stereocenters. The lowest BCUT2D eigenvalue weighted by Gasteiger charge is -2.18. The first kappa shape index (κ1) is 14.6. The van der Waals surface area contributed by atoms with E-state index in [9.17, 15) is 9.18 Å². The van der Waals surface area contributed by atoms with Crippen LogP contribution in [0.3, 0.4) is 0 Å². The zero-order valence-corrected chi connectivity index (χ0v) is 11.0. The van der Waals surface area contributed by atoms with Gasteiger partial charge in [-0.05, 0) is 39.2 Å². The number of nitrogens with two attached hydrogens (primary N) is 1. The molecule has 0 heterocycles. The number of halogens is 1. The molecular formula is C13H20FN3O. The fraction of sp³-hybridized carbons (Fsp3) is 0.462. The Labute approximate surface area is 107 Å². The Morgan fingerprint density at radius 1 is 1.50 bits per heavy atom. The molecule has 0 aliphatic carbocycles. The third-order valence-corrected chi connectivity index (χ3v) is 2.61. The fourth-order valence-electron chi connectivity index (χ4n) is 1.76. The van der Waals surface area contributed by atoms with Crippen LogP contribution in [0.1, 0.15) is 22.8 Å². The summed E-state index contributed by atoms with van der Waals surface area (Å²) in [5, 5.41) is 3.20. The van der Waals surface area contributed by atoms with Crippen molar-refractivity contribution in [2.45, 2.75) is 19.5 Å². The average molecular weight is 253 g/mol. The van der Waals surface area contributed by atoms with Gasteiger partial charge in [-0.1, -0.05) is 0 Å². The topological polar surface area (TPSA) is 58.4 Å². The van der Waals surface area contributed by atoms with E-state index in [1.807, 2.05) is 25.9 Å². The summed E-state index contributed by atoms with van der Waals surface area (Å²) in [5.74, 6) is -0.873. The van der Waals surface area contributed by atoms with E-state index in [0.717, 1.165) is 6.54 Å². The molecule has 1 rings (SSSR count). The molecule has 4 nitrogen and oxygen atoms in total. The van der Waals surface area contributed by atoms with Crippen LogP contribution in [0.4, 0.5) is 4.39 Å². The Bertz CT molecular complexity index is 421. The van der Waals surface area contributed by atoms with E-state index < -0.39 is 5.91 Å². The molecule has 1 amide bonds. The molecule has 5 heteroatoms. The monoisotopic (exact) mass is 253 g/mol. The van der Waals surface area contributed by atoms with Crippen LogP contribution in [-0.4, -0.2) is 37.5 Å². The van der Waals surface area contributed by atoms with Gasteiger partial charge in [-0.2, -0.15) is 0 Å². The van der Waals surface area contributed by atoms with Crippen LogP contribution in [0, 0.1) is 5.82 Å². The number of rotatable bonds is 6. The fourth-order valence-corrected chi connectivity index (χ4v) is 1.76. The molecule has 100 valence electrons. The van der Waals surface area contributed by atoms with Gasteiger partial charge < -0.3 is 16.0 Å². The van der Waals surface area contributed by atoms with Gasteiger partial charge in [0.05, 0.1) is 0 Å². The van der Waals surface area contributed by atoms with E-state index in [2.05, 4.69) is 5.32 Å². The highest BCUT2D eigenvalue weighted by Gasteiger charge is 2.09. The quantitative estimate of drug-likeness (QED) is 0.794. The number of benzene rings is 1. The highest BCUT2D eigenvalue weighted by atomic mass is 19.1. The maximum absolute atomic E-state index is 13.5. The Kier molecular flexibility index (Phi) is 5.25. The molecule has 0 spiro atoms. The van der Waals surface area contributed by atoms with Crippen LogP contribution in [0.15, 0.2) is 18.2 Å². The lowest BCUT2D eigenvalue weighted by atomic mass is 10.1. The molecule has 1 aromatic rings. The minimum Gasteiger partial charge on any atom is -0.366 e. The largest absolute Gasteiger partial charge is 0.366 e. The summed E-state index contributed by atoms with van der Waals surface area (Å²) in [6.07, 6.45) is 0. The van der Waals surface area contributed by atoms with Crippen LogP contribution in [0.2, 0.25) is 0 Å². The van der Waals surface area contributed by atoms with Crippen molar-refractivity contribution >= 4 is 5.91 Å².